The van der Waals surface area contributed by atoms with E-state index in [1.54, 1.807) is 5.38 Å². The minimum absolute atomic E-state index is 0.169. The maximum atomic E-state index is 11.8. The molecule has 0 bridgehead atoms. The summed E-state index contributed by atoms with van der Waals surface area (Å²) in [6, 6.07) is 7.59. The fourth-order valence-electron chi connectivity index (χ4n) is 1.61. The van der Waals surface area contributed by atoms with Crippen molar-refractivity contribution in [3.63, 3.8) is 0 Å². The largest absolute Gasteiger partial charge is 0.350 e. The number of carbonyl (C=O) groups excluding carboxylic acids is 1. The van der Waals surface area contributed by atoms with Gasteiger partial charge in [-0.15, -0.1) is 11.3 Å². The number of hydrogen-bond donors (Lipinski definition) is 2. The lowest BCUT2D eigenvalue weighted by Crippen LogP contribution is -2.26. The lowest BCUT2D eigenvalue weighted by molar-refractivity contribution is 0.0949. The third kappa shape index (κ3) is 4.02. The molecule has 2 aromatic rings. The highest BCUT2D eigenvalue weighted by Gasteiger charge is 2.09. The van der Waals surface area contributed by atoms with Gasteiger partial charge in [-0.25, -0.2) is 4.98 Å². The lowest BCUT2D eigenvalue weighted by Gasteiger charge is -2.04. The average molecular weight is 296 g/mol. The third-order valence-corrected chi connectivity index (χ3v) is 3.65. The quantitative estimate of drug-likeness (QED) is 0.889. The molecule has 1 aromatic heterocycles. The number of thiazole rings is 1. The number of halogens is 1. The number of aromatic nitrogens is 1. The van der Waals surface area contributed by atoms with Crippen LogP contribution >= 0.6 is 22.9 Å². The van der Waals surface area contributed by atoms with Gasteiger partial charge in [0.15, 0.2) is 0 Å². The highest BCUT2D eigenvalue weighted by molar-refractivity contribution is 7.09. The van der Waals surface area contributed by atoms with Crippen LogP contribution in [0.2, 0.25) is 5.02 Å². The van der Waals surface area contributed by atoms with Crippen LogP contribution in [0.1, 0.15) is 21.1 Å². The van der Waals surface area contributed by atoms with Gasteiger partial charge in [0, 0.05) is 23.5 Å². The van der Waals surface area contributed by atoms with Crippen molar-refractivity contribution in [2.45, 2.75) is 13.0 Å². The number of benzene rings is 1. The molecule has 0 aliphatic carbocycles. The highest BCUT2D eigenvalue weighted by Crippen LogP contribution is 2.11. The zero-order chi connectivity index (χ0) is 13.7. The van der Waals surface area contributed by atoms with Crippen molar-refractivity contribution in [3.05, 3.63) is 50.9 Å². The summed E-state index contributed by atoms with van der Waals surface area (Å²) in [6.07, 6.45) is 0.736. The van der Waals surface area contributed by atoms with Gasteiger partial charge in [0.25, 0.3) is 5.91 Å². The van der Waals surface area contributed by atoms with Crippen LogP contribution in [0.3, 0.4) is 0 Å². The maximum absolute atomic E-state index is 11.8. The predicted molar refractivity (Wildman–Crippen MR) is 77.5 cm³/mol. The molecule has 1 aromatic carbocycles. The number of nitrogens with zero attached hydrogens (tertiary/aromatic N) is 1. The monoisotopic (exact) mass is 295 g/mol. The van der Waals surface area contributed by atoms with Crippen LogP contribution in [0.15, 0.2) is 29.6 Å². The zero-order valence-corrected chi connectivity index (χ0v) is 11.8. The Morgan fingerprint density at radius 1 is 1.47 bits per heavy atom. The molecule has 3 N–H and O–H groups in total. The molecule has 2 rings (SSSR count). The summed E-state index contributed by atoms with van der Waals surface area (Å²) in [5.74, 6) is -0.169. The van der Waals surface area contributed by atoms with Gasteiger partial charge < -0.3 is 11.1 Å². The van der Waals surface area contributed by atoms with E-state index in [4.69, 9.17) is 17.3 Å². The Kier molecular flexibility index (Phi) is 4.90. The average Bonchev–Trinajstić information content (AvgIpc) is 2.87. The molecule has 6 heteroatoms. The van der Waals surface area contributed by atoms with Crippen molar-refractivity contribution in [1.82, 2.24) is 10.3 Å². The van der Waals surface area contributed by atoms with E-state index < -0.39 is 0 Å². The van der Waals surface area contributed by atoms with E-state index in [9.17, 15) is 4.79 Å². The molecule has 0 radical (unpaired) electrons. The van der Waals surface area contributed by atoms with Crippen molar-refractivity contribution in [2.24, 2.45) is 5.73 Å². The summed E-state index contributed by atoms with van der Waals surface area (Å²) in [7, 11) is 0. The summed E-state index contributed by atoms with van der Waals surface area (Å²) >= 11 is 7.29. The van der Waals surface area contributed by atoms with Crippen LogP contribution < -0.4 is 11.1 Å². The minimum Gasteiger partial charge on any atom is -0.350 e. The second-order valence-electron chi connectivity index (χ2n) is 3.97. The molecule has 19 heavy (non-hydrogen) atoms. The molecule has 1 heterocycles. The van der Waals surface area contributed by atoms with Crippen LogP contribution in [-0.2, 0) is 13.0 Å². The van der Waals surface area contributed by atoms with Crippen LogP contribution in [-0.4, -0.2) is 17.4 Å². The standard InChI is InChI=1S/C13H14ClN3OS/c14-10-3-1-2-9(6-10)4-5-16-13(18)11-8-19-12(7-15)17-11/h1-3,6,8H,4-5,7,15H2,(H,16,18). The molecule has 0 saturated heterocycles. The number of rotatable bonds is 5. The van der Waals surface area contributed by atoms with Crippen molar-refractivity contribution in [1.29, 1.82) is 0 Å². The number of nitrogens with one attached hydrogen (secondary N) is 1. The van der Waals surface area contributed by atoms with Gasteiger partial charge in [-0.2, -0.15) is 0 Å². The van der Waals surface area contributed by atoms with Gasteiger partial charge in [0.2, 0.25) is 0 Å². The first-order valence-electron chi connectivity index (χ1n) is 5.86. The number of nitrogens with two attached hydrogens (primary N) is 1. The molecule has 0 fully saturated rings. The van der Waals surface area contributed by atoms with E-state index in [-0.39, 0.29) is 5.91 Å². The summed E-state index contributed by atoms with van der Waals surface area (Å²) in [4.78, 5) is 15.9. The molecule has 0 unspecified atom stereocenters. The number of hydrogen-bond acceptors (Lipinski definition) is 4. The molecule has 0 atom stereocenters. The molecule has 1 amide bonds. The fraction of sp³-hybridized carbons (Fsp3) is 0.231. The second kappa shape index (κ2) is 6.65. The second-order valence-corrected chi connectivity index (χ2v) is 5.35. The smallest absolute Gasteiger partial charge is 0.270 e. The Morgan fingerprint density at radius 3 is 3.00 bits per heavy atom. The third-order valence-electron chi connectivity index (χ3n) is 2.55. The van der Waals surface area contributed by atoms with E-state index in [1.807, 2.05) is 24.3 Å². The van der Waals surface area contributed by atoms with Crippen molar-refractivity contribution in [2.75, 3.05) is 6.54 Å². The van der Waals surface area contributed by atoms with Crippen molar-refractivity contribution < 1.29 is 4.79 Å². The van der Waals surface area contributed by atoms with E-state index >= 15 is 0 Å². The van der Waals surface area contributed by atoms with Gasteiger partial charge in [-0.05, 0) is 24.1 Å². The molecule has 4 nitrogen and oxygen atoms in total. The topological polar surface area (TPSA) is 68.0 Å². The van der Waals surface area contributed by atoms with Crippen LogP contribution in [0.25, 0.3) is 0 Å². The Balaban J connectivity index is 1.84. The fourth-order valence-corrected chi connectivity index (χ4v) is 2.48. The molecular formula is C13H14ClN3OS. The van der Waals surface area contributed by atoms with Crippen molar-refractivity contribution in [3.8, 4) is 0 Å². The summed E-state index contributed by atoms with van der Waals surface area (Å²) in [5.41, 5.74) is 6.98. The van der Waals surface area contributed by atoms with Gasteiger partial charge in [-0.3, -0.25) is 4.79 Å². The minimum atomic E-state index is -0.169. The lowest BCUT2D eigenvalue weighted by atomic mass is 10.1. The number of carbonyl (C=O) groups is 1. The first kappa shape index (κ1) is 14.0. The van der Waals surface area contributed by atoms with Gasteiger partial charge in [0.05, 0.1) is 0 Å². The highest BCUT2D eigenvalue weighted by atomic mass is 35.5. The van der Waals surface area contributed by atoms with Crippen molar-refractivity contribution >= 4 is 28.8 Å². The van der Waals surface area contributed by atoms with E-state index in [1.165, 1.54) is 11.3 Å². The van der Waals surface area contributed by atoms with E-state index in [0.717, 1.165) is 17.0 Å². The van der Waals surface area contributed by atoms with Crippen LogP contribution in [0, 0.1) is 0 Å². The Hall–Kier alpha value is -1.43. The predicted octanol–water partition coefficient (Wildman–Crippen LogP) is 2.23. The normalized spacial score (nSPS) is 10.4. The first-order chi connectivity index (χ1) is 9.19. The Morgan fingerprint density at radius 2 is 2.32 bits per heavy atom. The Bertz CT molecular complexity index is 571. The summed E-state index contributed by atoms with van der Waals surface area (Å²) in [5, 5.41) is 6.01. The van der Waals surface area contributed by atoms with E-state index in [0.29, 0.717) is 23.8 Å². The van der Waals surface area contributed by atoms with Gasteiger partial charge in [-0.1, -0.05) is 23.7 Å². The SMILES string of the molecule is NCc1nc(C(=O)NCCc2cccc(Cl)c2)cs1. The number of amides is 1. The Labute approximate surface area is 120 Å². The molecular weight excluding hydrogens is 282 g/mol. The molecule has 0 saturated carbocycles. The zero-order valence-electron chi connectivity index (χ0n) is 10.2. The first-order valence-corrected chi connectivity index (χ1v) is 7.12. The summed E-state index contributed by atoms with van der Waals surface area (Å²) in [6.45, 7) is 0.912. The van der Waals surface area contributed by atoms with Gasteiger partial charge >= 0.3 is 0 Å². The van der Waals surface area contributed by atoms with Crippen LogP contribution in [0.5, 0.6) is 0 Å². The summed E-state index contributed by atoms with van der Waals surface area (Å²) < 4.78 is 0. The molecule has 0 aliphatic rings. The maximum Gasteiger partial charge on any atom is 0.270 e. The molecule has 0 aliphatic heterocycles. The van der Waals surface area contributed by atoms with Gasteiger partial charge in [0.1, 0.15) is 10.7 Å². The molecule has 0 spiro atoms. The molecule has 100 valence electrons. The van der Waals surface area contributed by atoms with E-state index in [2.05, 4.69) is 10.3 Å². The van der Waals surface area contributed by atoms with Crippen LogP contribution in [0.4, 0.5) is 0 Å².